The van der Waals surface area contributed by atoms with Crippen LogP contribution < -0.4 is 10.2 Å². The van der Waals surface area contributed by atoms with E-state index in [2.05, 4.69) is 15.2 Å². The lowest BCUT2D eigenvalue weighted by Crippen LogP contribution is -2.43. The summed E-state index contributed by atoms with van der Waals surface area (Å²) in [5.74, 6) is 0.780. The average molecular weight is 342 g/mol. The summed E-state index contributed by atoms with van der Waals surface area (Å²) in [6, 6.07) is 3.55. The minimum Gasteiger partial charge on any atom is -0.370 e. The number of hydrogen-bond donors (Lipinski definition) is 1. The van der Waals surface area contributed by atoms with E-state index in [4.69, 9.17) is 0 Å². The van der Waals surface area contributed by atoms with Gasteiger partial charge >= 0.3 is 0 Å². The van der Waals surface area contributed by atoms with Gasteiger partial charge in [-0.05, 0) is 57.1 Å². The number of nitrogens with zero attached hydrogens (tertiary/aromatic N) is 3. The third-order valence-electron chi connectivity index (χ3n) is 5.49. The Morgan fingerprint density at radius 3 is 2.48 bits per heavy atom. The molecule has 3 fully saturated rings. The number of likely N-dealkylation sites (tertiary alicyclic amines) is 1. The third kappa shape index (κ3) is 3.62. The largest absolute Gasteiger partial charge is 0.370 e. The summed E-state index contributed by atoms with van der Waals surface area (Å²) in [7, 11) is 0. The van der Waals surface area contributed by atoms with Gasteiger partial charge in [0.25, 0.3) is 0 Å². The van der Waals surface area contributed by atoms with Crippen molar-refractivity contribution in [2.24, 2.45) is 5.92 Å². The van der Waals surface area contributed by atoms with Crippen LogP contribution in [-0.4, -0.2) is 47.4 Å². The highest BCUT2D eigenvalue weighted by molar-refractivity contribution is 5.97. The van der Waals surface area contributed by atoms with Crippen LogP contribution in [0.15, 0.2) is 18.3 Å². The summed E-state index contributed by atoms with van der Waals surface area (Å²) in [5.41, 5.74) is 1.11. The van der Waals surface area contributed by atoms with Gasteiger partial charge in [-0.25, -0.2) is 4.98 Å². The molecule has 4 rings (SSSR count). The first-order chi connectivity index (χ1) is 12.2. The smallest absolute Gasteiger partial charge is 0.248 e. The van der Waals surface area contributed by atoms with Crippen molar-refractivity contribution in [1.82, 2.24) is 9.88 Å². The molecule has 1 aliphatic carbocycles. The number of nitrogens with one attached hydrogen (secondary N) is 1. The van der Waals surface area contributed by atoms with Crippen LogP contribution in [0.1, 0.15) is 44.9 Å². The Bertz CT molecular complexity index is 635. The topological polar surface area (TPSA) is 65.5 Å². The molecule has 2 aliphatic heterocycles. The molecule has 0 aromatic carbocycles. The summed E-state index contributed by atoms with van der Waals surface area (Å²) < 4.78 is 0. The molecule has 6 nitrogen and oxygen atoms in total. The number of hydrogen-bond acceptors (Lipinski definition) is 4. The van der Waals surface area contributed by atoms with Crippen LogP contribution in [0, 0.1) is 5.92 Å². The quantitative estimate of drug-likeness (QED) is 0.912. The van der Waals surface area contributed by atoms with E-state index in [0.717, 1.165) is 44.5 Å². The van der Waals surface area contributed by atoms with Gasteiger partial charge in [0.15, 0.2) is 0 Å². The van der Waals surface area contributed by atoms with Crippen molar-refractivity contribution >= 4 is 23.3 Å². The van der Waals surface area contributed by atoms with Crippen molar-refractivity contribution in [2.45, 2.75) is 51.0 Å². The maximum atomic E-state index is 12.6. The average Bonchev–Trinajstić information content (AvgIpc) is 3.38. The monoisotopic (exact) mass is 342 g/mol. The highest BCUT2D eigenvalue weighted by atomic mass is 16.2. The first-order valence-electron chi connectivity index (χ1n) is 9.55. The summed E-state index contributed by atoms with van der Waals surface area (Å²) in [4.78, 5) is 33.4. The zero-order valence-corrected chi connectivity index (χ0v) is 14.6. The zero-order chi connectivity index (χ0) is 17.2. The SMILES string of the molecule is O=C(Nc1ccc(N2CCCCC2)cn1)[C@@H]1CCCN1C(=O)C1CC1. The van der Waals surface area contributed by atoms with Crippen molar-refractivity contribution in [1.29, 1.82) is 0 Å². The Morgan fingerprint density at radius 1 is 1.00 bits per heavy atom. The first kappa shape index (κ1) is 16.4. The standard InChI is InChI=1S/C19H26N4O2/c24-18(16-5-4-12-23(16)19(25)14-6-7-14)21-17-9-8-15(13-20-17)22-10-2-1-3-11-22/h8-9,13-14,16H,1-7,10-12H2,(H,20,21,24)/t16-/m0/s1. The normalized spacial score (nSPS) is 23.6. The van der Waals surface area contributed by atoms with Gasteiger partial charge in [0, 0.05) is 25.6 Å². The van der Waals surface area contributed by atoms with Crippen molar-refractivity contribution in [2.75, 3.05) is 29.9 Å². The van der Waals surface area contributed by atoms with E-state index in [0.29, 0.717) is 12.4 Å². The number of rotatable bonds is 4. The van der Waals surface area contributed by atoms with Crippen molar-refractivity contribution < 1.29 is 9.59 Å². The number of pyridine rings is 1. The van der Waals surface area contributed by atoms with E-state index >= 15 is 0 Å². The first-order valence-corrected chi connectivity index (χ1v) is 9.55. The molecular formula is C19H26N4O2. The predicted molar refractivity (Wildman–Crippen MR) is 96.4 cm³/mol. The minimum atomic E-state index is -0.336. The molecule has 3 heterocycles. The Balaban J connectivity index is 1.37. The van der Waals surface area contributed by atoms with E-state index in [1.165, 1.54) is 19.3 Å². The van der Waals surface area contributed by atoms with Crippen LogP contribution in [0.5, 0.6) is 0 Å². The van der Waals surface area contributed by atoms with Gasteiger partial charge < -0.3 is 15.1 Å². The summed E-state index contributed by atoms with van der Waals surface area (Å²) in [6.07, 6.45) is 9.19. The molecule has 0 bridgehead atoms. The Labute approximate surface area is 148 Å². The lowest BCUT2D eigenvalue weighted by atomic mass is 10.1. The van der Waals surface area contributed by atoms with Crippen molar-refractivity contribution in [3.05, 3.63) is 18.3 Å². The molecule has 2 amide bonds. The molecule has 1 aromatic rings. The maximum absolute atomic E-state index is 12.6. The van der Waals surface area contributed by atoms with Crippen LogP contribution in [-0.2, 0) is 9.59 Å². The van der Waals surface area contributed by atoms with Crippen LogP contribution in [0.25, 0.3) is 0 Å². The Hall–Kier alpha value is -2.11. The second-order valence-electron chi connectivity index (χ2n) is 7.40. The summed E-state index contributed by atoms with van der Waals surface area (Å²) in [6.45, 7) is 2.86. The Kier molecular flexibility index (Phi) is 4.59. The molecule has 1 N–H and O–H groups in total. The van der Waals surface area contributed by atoms with E-state index in [9.17, 15) is 9.59 Å². The van der Waals surface area contributed by atoms with E-state index in [-0.39, 0.29) is 23.8 Å². The number of anilines is 2. The number of amides is 2. The van der Waals surface area contributed by atoms with Crippen LogP contribution in [0.4, 0.5) is 11.5 Å². The van der Waals surface area contributed by atoms with Gasteiger partial charge in [-0.15, -0.1) is 0 Å². The van der Waals surface area contributed by atoms with Gasteiger partial charge in [-0.1, -0.05) is 0 Å². The fraction of sp³-hybridized carbons (Fsp3) is 0.632. The highest BCUT2D eigenvalue weighted by Gasteiger charge is 2.40. The predicted octanol–water partition coefficient (Wildman–Crippen LogP) is 2.41. The van der Waals surface area contributed by atoms with E-state index in [1.54, 1.807) is 4.90 Å². The minimum absolute atomic E-state index is 0.107. The number of carbonyl (C=O) groups excluding carboxylic acids is 2. The number of piperidine rings is 1. The van der Waals surface area contributed by atoms with Crippen molar-refractivity contribution in [3.8, 4) is 0 Å². The van der Waals surface area contributed by atoms with E-state index < -0.39 is 0 Å². The number of carbonyl (C=O) groups is 2. The molecule has 2 saturated heterocycles. The maximum Gasteiger partial charge on any atom is 0.248 e. The molecule has 0 unspecified atom stereocenters. The van der Waals surface area contributed by atoms with Crippen molar-refractivity contribution in [3.63, 3.8) is 0 Å². The lowest BCUT2D eigenvalue weighted by Gasteiger charge is -2.28. The van der Waals surface area contributed by atoms with Gasteiger partial charge in [0.2, 0.25) is 11.8 Å². The van der Waals surface area contributed by atoms with Gasteiger partial charge in [-0.2, -0.15) is 0 Å². The second-order valence-corrected chi connectivity index (χ2v) is 7.40. The molecule has 1 aromatic heterocycles. The molecule has 134 valence electrons. The molecule has 0 spiro atoms. The summed E-state index contributed by atoms with van der Waals surface area (Å²) >= 11 is 0. The van der Waals surface area contributed by atoms with Gasteiger partial charge in [0.1, 0.15) is 11.9 Å². The molecule has 1 saturated carbocycles. The number of aromatic nitrogens is 1. The van der Waals surface area contributed by atoms with Crippen LogP contribution in [0.3, 0.4) is 0 Å². The highest BCUT2D eigenvalue weighted by Crippen LogP contribution is 2.34. The van der Waals surface area contributed by atoms with Gasteiger partial charge in [0.05, 0.1) is 11.9 Å². The molecular weight excluding hydrogens is 316 g/mol. The zero-order valence-electron chi connectivity index (χ0n) is 14.6. The second kappa shape index (κ2) is 7.02. The molecule has 25 heavy (non-hydrogen) atoms. The van der Waals surface area contributed by atoms with Gasteiger partial charge in [-0.3, -0.25) is 9.59 Å². The Morgan fingerprint density at radius 2 is 1.80 bits per heavy atom. The van der Waals surface area contributed by atoms with Crippen LogP contribution >= 0.6 is 0 Å². The third-order valence-corrected chi connectivity index (χ3v) is 5.49. The molecule has 1 atom stereocenters. The fourth-order valence-corrected chi connectivity index (χ4v) is 3.88. The van der Waals surface area contributed by atoms with Crippen LogP contribution in [0.2, 0.25) is 0 Å². The lowest BCUT2D eigenvalue weighted by molar-refractivity contribution is -0.137. The molecule has 0 radical (unpaired) electrons. The fourth-order valence-electron chi connectivity index (χ4n) is 3.88. The molecule has 6 heteroatoms. The molecule has 3 aliphatic rings. The summed E-state index contributed by atoms with van der Waals surface area (Å²) in [5, 5.41) is 2.90. The van der Waals surface area contributed by atoms with E-state index in [1.807, 2.05) is 18.3 Å².